The van der Waals surface area contributed by atoms with Crippen LogP contribution >= 0.6 is 0 Å². The summed E-state index contributed by atoms with van der Waals surface area (Å²) in [5.74, 6) is 0. The number of fused-ring (bicyclic) bond motifs is 1. The molecule has 2 heteroatoms. The normalized spacial score (nSPS) is 14.0. The van der Waals surface area contributed by atoms with Gasteiger partial charge < -0.3 is 0 Å². The van der Waals surface area contributed by atoms with E-state index in [0.717, 1.165) is 18.5 Å². The lowest BCUT2D eigenvalue weighted by molar-refractivity contribution is 0.564. The van der Waals surface area contributed by atoms with Gasteiger partial charge in [-0.2, -0.15) is 4.99 Å². The fourth-order valence-electron chi connectivity index (χ4n) is 1.57. The molecule has 0 spiro atoms. The molecule has 1 aromatic carbocycles. The van der Waals surface area contributed by atoms with E-state index in [1.165, 1.54) is 11.1 Å². The van der Waals surface area contributed by atoms with E-state index in [0.29, 0.717) is 0 Å². The summed E-state index contributed by atoms with van der Waals surface area (Å²) >= 11 is 0. The van der Waals surface area contributed by atoms with Crippen LogP contribution in [0.25, 0.3) is 0 Å². The molecule has 0 saturated heterocycles. The van der Waals surface area contributed by atoms with Crippen molar-refractivity contribution in [2.45, 2.75) is 12.8 Å². The van der Waals surface area contributed by atoms with Crippen LogP contribution < -0.4 is 0 Å². The highest BCUT2D eigenvalue weighted by atomic mass is 16.1. The molecule has 0 heterocycles. The quantitative estimate of drug-likeness (QED) is 0.469. The predicted molar refractivity (Wildman–Crippen MR) is 50.1 cm³/mol. The van der Waals surface area contributed by atoms with Crippen molar-refractivity contribution in [3.63, 3.8) is 0 Å². The molecule has 1 aliphatic carbocycles. The molecule has 0 unspecified atom stereocenters. The highest BCUT2D eigenvalue weighted by Crippen LogP contribution is 2.20. The van der Waals surface area contributed by atoms with E-state index in [-0.39, 0.29) is 0 Å². The molecule has 0 radical (unpaired) electrons. The first-order valence-electron chi connectivity index (χ1n) is 4.24. The van der Waals surface area contributed by atoms with Gasteiger partial charge in [0.15, 0.2) is 0 Å². The fraction of sp³-hybridized carbons (Fsp3) is 0.182. The van der Waals surface area contributed by atoms with Gasteiger partial charge in [0.2, 0.25) is 6.08 Å². The summed E-state index contributed by atoms with van der Waals surface area (Å²) in [5, 5.41) is 0. The third kappa shape index (κ3) is 1.58. The monoisotopic (exact) mass is 171 g/mol. The van der Waals surface area contributed by atoms with Crippen molar-refractivity contribution >= 4 is 6.08 Å². The lowest BCUT2D eigenvalue weighted by Gasteiger charge is -2.12. The second-order valence-corrected chi connectivity index (χ2v) is 3.05. The number of nitrogens with zero attached hydrogens (tertiary/aromatic N) is 1. The third-order valence-electron chi connectivity index (χ3n) is 2.24. The van der Waals surface area contributed by atoms with Gasteiger partial charge in [0, 0.05) is 6.42 Å². The molecule has 0 aromatic heterocycles. The Kier molecular flexibility index (Phi) is 2.07. The van der Waals surface area contributed by atoms with Crippen LogP contribution in [-0.2, 0) is 17.6 Å². The van der Waals surface area contributed by atoms with E-state index in [1.807, 2.05) is 18.2 Å². The lowest BCUT2D eigenvalue weighted by Crippen LogP contribution is -2.00. The minimum atomic E-state index is 0.755. The van der Waals surface area contributed by atoms with Gasteiger partial charge in [-0.1, -0.05) is 30.3 Å². The number of rotatable bonds is 1. The maximum atomic E-state index is 10.1. The molecule has 0 fully saturated rings. The lowest BCUT2D eigenvalue weighted by atomic mass is 9.95. The Labute approximate surface area is 76.6 Å². The van der Waals surface area contributed by atoms with Gasteiger partial charge in [-0.25, -0.2) is 4.79 Å². The Morgan fingerprint density at radius 2 is 2.00 bits per heavy atom. The van der Waals surface area contributed by atoms with E-state index in [2.05, 4.69) is 17.1 Å². The van der Waals surface area contributed by atoms with Crippen LogP contribution in [0.5, 0.6) is 0 Å². The maximum absolute atomic E-state index is 10.1. The zero-order valence-corrected chi connectivity index (χ0v) is 7.16. The Morgan fingerprint density at radius 1 is 1.23 bits per heavy atom. The molecule has 0 aliphatic heterocycles. The number of benzene rings is 1. The summed E-state index contributed by atoms with van der Waals surface area (Å²) in [5.41, 5.74) is 3.42. The van der Waals surface area contributed by atoms with E-state index < -0.39 is 0 Å². The SMILES string of the molecule is O=C=NC1=CCc2ccccc2C1. The zero-order valence-electron chi connectivity index (χ0n) is 7.16. The van der Waals surface area contributed by atoms with Gasteiger partial charge in [-0.3, -0.25) is 0 Å². The van der Waals surface area contributed by atoms with Crippen LogP contribution in [0.3, 0.4) is 0 Å². The molecule has 0 atom stereocenters. The largest absolute Gasteiger partial charge is 0.240 e. The molecular formula is C11H9NO. The highest BCUT2D eigenvalue weighted by molar-refractivity contribution is 5.42. The first-order chi connectivity index (χ1) is 6.40. The van der Waals surface area contributed by atoms with Gasteiger partial charge in [-0.05, 0) is 17.5 Å². The van der Waals surface area contributed by atoms with Crippen LogP contribution in [0.15, 0.2) is 41.0 Å². The summed E-state index contributed by atoms with van der Waals surface area (Å²) in [4.78, 5) is 13.7. The minimum absolute atomic E-state index is 0.755. The molecule has 1 aliphatic rings. The average molecular weight is 171 g/mol. The van der Waals surface area contributed by atoms with Crippen LogP contribution in [0.4, 0.5) is 0 Å². The summed E-state index contributed by atoms with van der Waals surface area (Å²) in [6.45, 7) is 0. The zero-order chi connectivity index (χ0) is 9.10. The van der Waals surface area contributed by atoms with Gasteiger partial charge in [0.1, 0.15) is 0 Å². The Hall–Kier alpha value is -1.66. The Bertz CT molecular complexity index is 400. The van der Waals surface area contributed by atoms with Crippen LogP contribution in [0.1, 0.15) is 11.1 Å². The van der Waals surface area contributed by atoms with Crippen LogP contribution in [-0.4, -0.2) is 6.08 Å². The van der Waals surface area contributed by atoms with E-state index in [1.54, 1.807) is 6.08 Å². The third-order valence-corrected chi connectivity index (χ3v) is 2.24. The number of allylic oxidation sites excluding steroid dienone is 2. The number of hydrogen-bond acceptors (Lipinski definition) is 2. The second kappa shape index (κ2) is 3.38. The summed E-state index contributed by atoms with van der Waals surface area (Å²) in [6, 6.07) is 8.21. The topological polar surface area (TPSA) is 29.4 Å². The molecule has 1 aromatic rings. The average Bonchev–Trinajstić information content (AvgIpc) is 2.18. The molecule has 13 heavy (non-hydrogen) atoms. The molecule has 2 rings (SSSR count). The summed E-state index contributed by atoms with van der Waals surface area (Å²) in [7, 11) is 0. The number of hydrogen-bond donors (Lipinski definition) is 0. The van der Waals surface area contributed by atoms with Crippen molar-refractivity contribution in [2.24, 2.45) is 4.99 Å². The van der Waals surface area contributed by atoms with Gasteiger partial charge in [0.25, 0.3) is 0 Å². The van der Waals surface area contributed by atoms with Crippen molar-refractivity contribution in [3.8, 4) is 0 Å². The predicted octanol–water partition coefficient (Wildman–Crippen LogP) is 2.00. The Balaban J connectivity index is 2.32. The standard InChI is InChI=1S/C11H9NO/c13-8-12-11-6-5-9-3-1-2-4-10(9)7-11/h1-4,6H,5,7H2. The first-order valence-corrected chi connectivity index (χ1v) is 4.24. The number of isocyanates is 1. The second-order valence-electron chi connectivity index (χ2n) is 3.05. The molecule has 0 N–H and O–H groups in total. The van der Waals surface area contributed by atoms with Gasteiger partial charge in [-0.15, -0.1) is 0 Å². The van der Waals surface area contributed by atoms with E-state index >= 15 is 0 Å². The minimum Gasteiger partial charge on any atom is -0.211 e. The maximum Gasteiger partial charge on any atom is 0.240 e. The van der Waals surface area contributed by atoms with E-state index in [9.17, 15) is 4.79 Å². The molecule has 64 valence electrons. The number of aliphatic imine (C=N–C) groups is 1. The smallest absolute Gasteiger partial charge is 0.211 e. The first kappa shape index (κ1) is 7.96. The van der Waals surface area contributed by atoms with E-state index in [4.69, 9.17) is 0 Å². The van der Waals surface area contributed by atoms with Crippen molar-refractivity contribution < 1.29 is 4.79 Å². The molecular weight excluding hydrogens is 162 g/mol. The highest BCUT2D eigenvalue weighted by Gasteiger charge is 2.08. The molecule has 0 saturated carbocycles. The molecule has 2 nitrogen and oxygen atoms in total. The molecule has 0 amide bonds. The molecule has 0 bridgehead atoms. The Morgan fingerprint density at radius 3 is 2.77 bits per heavy atom. The van der Waals surface area contributed by atoms with Crippen LogP contribution in [0, 0.1) is 0 Å². The van der Waals surface area contributed by atoms with Gasteiger partial charge >= 0.3 is 0 Å². The summed E-state index contributed by atoms with van der Waals surface area (Å²) in [6.07, 6.45) is 5.18. The van der Waals surface area contributed by atoms with Crippen molar-refractivity contribution in [1.29, 1.82) is 0 Å². The van der Waals surface area contributed by atoms with Gasteiger partial charge in [0.05, 0.1) is 5.70 Å². The van der Waals surface area contributed by atoms with Crippen molar-refractivity contribution in [3.05, 3.63) is 47.2 Å². The van der Waals surface area contributed by atoms with Crippen molar-refractivity contribution in [2.75, 3.05) is 0 Å². The number of carbonyl (C=O) groups excluding carboxylic acids is 1. The fourth-order valence-corrected chi connectivity index (χ4v) is 1.57. The summed E-state index contributed by atoms with van der Waals surface area (Å²) < 4.78 is 0. The van der Waals surface area contributed by atoms with Crippen LogP contribution in [0.2, 0.25) is 0 Å². The van der Waals surface area contributed by atoms with Crippen molar-refractivity contribution in [1.82, 2.24) is 0 Å².